The van der Waals surface area contributed by atoms with Gasteiger partial charge in [-0.15, -0.1) is 11.3 Å². The van der Waals surface area contributed by atoms with Gasteiger partial charge < -0.3 is 10.6 Å². The lowest BCUT2D eigenvalue weighted by Gasteiger charge is -2.16. The van der Waals surface area contributed by atoms with Crippen LogP contribution in [-0.4, -0.2) is 12.1 Å². The maximum Gasteiger partial charge on any atom is 0.315 e. The minimum Gasteiger partial charge on any atom is -0.335 e. The van der Waals surface area contributed by atoms with Crippen LogP contribution < -0.4 is 10.6 Å². The molecule has 1 unspecified atom stereocenters. The van der Waals surface area contributed by atoms with Crippen LogP contribution in [0.4, 0.5) is 4.79 Å². The summed E-state index contributed by atoms with van der Waals surface area (Å²) < 4.78 is 0. The van der Waals surface area contributed by atoms with Crippen LogP contribution in [0, 0.1) is 0 Å². The summed E-state index contributed by atoms with van der Waals surface area (Å²) in [6.07, 6.45) is 4.73. The van der Waals surface area contributed by atoms with Gasteiger partial charge in [-0.25, -0.2) is 4.79 Å². The monoisotopic (exact) mass is 238 g/mol. The molecule has 4 heteroatoms. The second-order valence-corrected chi connectivity index (χ2v) is 5.32. The zero-order valence-electron chi connectivity index (χ0n) is 9.53. The van der Waals surface area contributed by atoms with Gasteiger partial charge >= 0.3 is 6.03 Å². The van der Waals surface area contributed by atoms with Crippen molar-refractivity contribution >= 4 is 17.4 Å². The number of carbonyl (C=O) groups excluding carboxylic acids is 1. The fraction of sp³-hybridized carbons (Fsp3) is 0.583. The van der Waals surface area contributed by atoms with Crippen LogP contribution in [0.5, 0.6) is 0 Å². The van der Waals surface area contributed by atoms with Gasteiger partial charge in [-0.05, 0) is 31.2 Å². The molecule has 0 saturated heterocycles. The second-order valence-electron chi connectivity index (χ2n) is 4.34. The number of urea groups is 1. The molecule has 2 N–H and O–H groups in total. The van der Waals surface area contributed by atoms with Crippen molar-refractivity contribution in [2.45, 2.75) is 44.7 Å². The molecule has 1 saturated carbocycles. The Morgan fingerprint density at radius 3 is 2.88 bits per heavy atom. The zero-order chi connectivity index (χ0) is 11.4. The third kappa shape index (κ3) is 2.98. The first-order valence-corrected chi connectivity index (χ1v) is 6.74. The molecule has 1 atom stereocenters. The molecular formula is C12H18N2OS. The Bertz CT molecular complexity index is 331. The summed E-state index contributed by atoms with van der Waals surface area (Å²) in [4.78, 5) is 12.9. The van der Waals surface area contributed by atoms with Gasteiger partial charge in [0, 0.05) is 10.9 Å². The average molecular weight is 238 g/mol. The molecule has 0 bridgehead atoms. The van der Waals surface area contributed by atoms with E-state index in [-0.39, 0.29) is 12.1 Å². The average Bonchev–Trinajstić information content (AvgIpc) is 2.88. The van der Waals surface area contributed by atoms with E-state index in [1.165, 1.54) is 17.7 Å². The highest BCUT2D eigenvalue weighted by atomic mass is 32.1. The molecule has 0 aliphatic heterocycles. The van der Waals surface area contributed by atoms with E-state index in [1.807, 2.05) is 24.4 Å². The largest absolute Gasteiger partial charge is 0.335 e. The van der Waals surface area contributed by atoms with Crippen molar-refractivity contribution in [2.75, 3.05) is 0 Å². The van der Waals surface area contributed by atoms with Crippen molar-refractivity contribution < 1.29 is 4.79 Å². The number of thiophene rings is 1. The van der Waals surface area contributed by atoms with Gasteiger partial charge in [-0.1, -0.05) is 18.9 Å². The van der Waals surface area contributed by atoms with Crippen molar-refractivity contribution in [3.05, 3.63) is 22.4 Å². The Morgan fingerprint density at radius 1 is 1.50 bits per heavy atom. The summed E-state index contributed by atoms with van der Waals surface area (Å²) in [7, 11) is 0. The van der Waals surface area contributed by atoms with Gasteiger partial charge in [-0.3, -0.25) is 0 Å². The smallest absolute Gasteiger partial charge is 0.315 e. The number of carbonyl (C=O) groups is 1. The van der Waals surface area contributed by atoms with Gasteiger partial charge in [-0.2, -0.15) is 0 Å². The van der Waals surface area contributed by atoms with E-state index in [0.29, 0.717) is 6.04 Å². The number of hydrogen-bond acceptors (Lipinski definition) is 2. The number of rotatable bonds is 3. The molecule has 2 rings (SSSR count). The molecule has 1 heterocycles. The van der Waals surface area contributed by atoms with Crippen molar-refractivity contribution in [2.24, 2.45) is 0 Å². The van der Waals surface area contributed by atoms with Crippen molar-refractivity contribution in [1.82, 2.24) is 10.6 Å². The normalized spacial score (nSPS) is 18.3. The quantitative estimate of drug-likeness (QED) is 0.835. The molecular weight excluding hydrogens is 220 g/mol. The molecule has 0 aromatic carbocycles. The lowest BCUT2D eigenvalue weighted by atomic mass is 10.2. The summed E-state index contributed by atoms with van der Waals surface area (Å²) >= 11 is 1.67. The lowest BCUT2D eigenvalue weighted by Crippen LogP contribution is -2.41. The highest BCUT2D eigenvalue weighted by molar-refractivity contribution is 7.10. The molecule has 2 amide bonds. The van der Waals surface area contributed by atoms with Gasteiger partial charge in [0.25, 0.3) is 0 Å². The van der Waals surface area contributed by atoms with E-state index in [9.17, 15) is 4.79 Å². The molecule has 88 valence electrons. The van der Waals surface area contributed by atoms with Crippen LogP contribution in [0.3, 0.4) is 0 Å². The van der Waals surface area contributed by atoms with Crippen molar-refractivity contribution in [3.63, 3.8) is 0 Å². The topological polar surface area (TPSA) is 41.1 Å². The van der Waals surface area contributed by atoms with Crippen LogP contribution in [0.1, 0.15) is 43.5 Å². The van der Waals surface area contributed by atoms with E-state index < -0.39 is 0 Å². The molecule has 1 aromatic rings. The van der Waals surface area contributed by atoms with Crippen molar-refractivity contribution in [3.8, 4) is 0 Å². The molecule has 1 aliphatic rings. The van der Waals surface area contributed by atoms with E-state index >= 15 is 0 Å². The fourth-order valence-electron chi connectivity index (χ4n) is 2.10. The Labute approximate surface area is 100 Å². The number of amides is 2. The summed E-state index contributed by atoms with van der Waals surface area (Å²) in [5.74, 6) is 0. The molecule has 1 aliphatic carbocycles. The third-order valence-corrected chi connectivity index (χ3v) is 4.06. The molecule has 16 heavy (non-hydrogen) atoms. The summed E-state index contributed by atoms with van der Waals surface area (Å²) in [5, 5.41) is 8.03. The first-order chi connectivity index (χ1) is 7.75. The number of nitrogens with one attached hydrogen (secondary N) is 2. The highest BCUT2D eigenvalue weighted by Crippen LogP contribution is 2.19. The minimum atomic E-state index is -0.0344. The first kappa shape index (κ1) is 11.5. The molecule has 0 radical (unpaired) electrons. The van der Waals surface area contributed by atoms with Gasteiger partial charge in [0.15, 0.2) is 0 Å². The van der Waals surface area contributed by atoms with Crippen LogP contribution in [0.15, 0.2) is 17.5 Å². The lowest BCUT2D eigenvalue weighted by molar-refractivity contribution is 0.234. The Hall–Kier alpha value is -1.03. The van der Waals surface area contributed by atoms with E-state index in [4.69, 9.17) is 0 Å². The molecule has 1 aromatic heterocycles. The Kier molecular flexibility index (Phi) is 3.83. The molecule has 1 fully saturated rings. The van der Waals surface area contributed by atoms with Gasteiger partial charge in [0.2, 0.25) is 0 Å². The SMILES string of the molecule is CC(NC(=O)NC1CCCC1)c1cccs1. The molecule has 0 spiro atoms. The first-order valence-electron chi connectivity index (χ1n) is 5.86. The minimum absolute atomic E-state index is 0.0344. The van der Waals surface area contributed by atoms with E-state index in [2.05, 4.69) is 10.6 Å². The predicted molar refractivity (Wildman–Crippen MR) is 66.7 cm³/mol. The van der Waals surface area contributed by atoms with Gasteiger partial charge in [0.1, 0.15) is 0 Å². The second kappa shape index (κ2) is 5.34. The van der Waals surface area contributed by atoms with E-state index in [1.54, 1.807) is 11.3 Å². The van der Waals surface area contributed by atoms with Crippen LogP contribution in [0.2, 0.25) is 0 Å². The van der Waals surface area contributed by atoms with Crippen LogP contribution >= 0.6 is 11.3 Å². The maximum absolute atomic E-state index is 11.7. The van der Waals surface area contributed by atoms with Crippen LogP contribution in [0.25, 0.3) is 0 Å². The Morgan fingerprint density at radius 2 is 2.25 bits per heavy atom. The fourth-order valence-corrected chi connectivity index (χ4v) is 2.84. The van der Waals surface area contributed by atoms with Crippen molar-refractivity contribution in [1.29, 1.82) is 0 Å². The predicted octanol–water partition coefficient (Wildman–Crippen LogP) is 3.05. The summed E-state index contributed by atoms with van der Waals surface area (Å²) in [5.41, 5.74) is 0. The molecule has 3 nitrogen and oxygen atoms in total. The number of hydrogen-bond donors (Lipinski definition) is 2. The highest BCUT2D eigenvalue weighted by Gasteiger charge is 2.18. The summed E-state index contributed by atoms with van der Waals surface area (Å²) in [6.45, 7) is 2.01. The maximum atomic E-state index is 11.7. The Balaban J connectivity index is 1.78. The summed E-state index contributed by atoms with van der Waals surface area (Å²) in [6, 6.07) is 4.50. The standard InChI is InChI=1S/C12H18N2OS/c1-9(11-7-4-8-16-11)13-12(15)14-10-5-2-3-6-10/h4,7-10H,2-3,5-6H2,1H3,(H2,13,14,15). The van der Waals surface area contributed by atoms with E-state index in [0.717, 1.165) is 12.8 Å². The van der Waals surface area contributed by atoms with Gasteiger partial charge in [0.05, 0.1) is 6.04 Å². The zero-order valence-corrected chi connectivity index (χ0v) is 10.3. The third-order valence-electron chi connectivity index (χ3n) is 3.01. The van der Waals surface area contributed by atoms with Crippen LogP contribution in [-0.2, 0) is 0 Å².